The number of aromatic nitrogens is 2. The molecule has 1 amide bonds. The van der Waals surface area contributed by atoms with Crippen LogP contribution < -0.4 is 9.62 Å². The van der Waals surface area contributed by atoms with Gasteiger partial charge in [0.15, 0.2) is 0 Å². The molecule has 0 bridgehead atoms. The van der Waals surface area contributed by atoms with Gasteiger partial charge in [0.05, 0.1) is 28.9 Å². The number of aryl methyl sites for hydroxylation is 2. The zero-order chi connectivity index (χ0) is 23.8. The molecule has 8 nitrogen and oxygen atoms in total. The van der Waals surface area contributed by atoms with E-state index in [0.717, 1.165) is 54.3 Å². The maximum Gasteiger partial charge on any atom is 0.225 e. The number of carbonyl (C=O) groups excluding carboxylic acids is 1. The first-order valence-electron chi connectivity index (χ1n) is 12.0. The van der Waals surface area contributed by atoms with Crippen molar-refractivity contribution < 1.29 is 17.7 Å². The van der Waals surface area contributed by atoms with Gasteiger partial charge < -0.3 is 9.84 Å². The Hall–Kier alpha value is -2.94. The van der Waals surface area contributed by atoms with Crippen LogP contribution in [0.1, 0.15) is 56.4 Å². The number of rotatable bonds is 6. The van der Waals surface area contributed by atoms with E-state index in [0.29, 0.717) is 29.8 Å². The van der Waals surface area contributed by atoms with Crippen molar-refractivity contribution in [3.63, 3.8) is 0 Å². The Morgan fingerprint density at radius 3 is 2.62 bits per heavy atom. The third-order valence-corrected chi connectivity index (χ3v) is 8.14. The Bertz CT molecular complexity index is 1270. The van der Waals surface area contributed by atoms with Crippen molar-refractivity contribution in [3.05, 3.63) is 41.9 Å². The molecule has 1 N–H and O–H groups in total. The van der Waals surface area contributed by atoms with Crippen LogP contribution in [0.4, 0.5) is 5.69 Å². The number of pyridine rings is 1. The van der Waals surface area contributed by atoms with Gasteiger partial charge in [0, 0.05) is 23.2 Å². The highest BCUT2D eigenvalue weighted by atomic mass is 32.2. The highest BCUT2D eigenvalue weighted by molar-refractivity contribution is 7.74. The first kappa shape index (κ1) is 22.8. The SMILES string of the molecule is Cc1noc(C)c1-c1cc(N([C@@H]2CCC[C@@H]2C(=O)NC2CCCC2)[SH](=O)=O)c2cccnc2c1. The number of hydrogen-bond donors (Lipinski definition) is 2. The maximum atomic E-state index is 13.2. The van der Waals surface area contributed by atoms with Crippen LogP contribution in [-0.4, -0.2) is 36.5 Å². The van der Waals surface area contributed by atoms with Crippen LogP contribution in [-0.2, 0) is 15.7 Å². The number of carbonyl (C=O) groups is 1. The van der Waals surface area contributed by atoms with Gasteiger partial charge >= 0.3 is 0 Å². The number of fused-ring (bicyclic) bond motifs is 1. The average Bonchev–Trinajstić information content (AvgIpc) is 3.56. The number of nitrogens with one attached hydrogen (secondary N) is 1. The average molecular weight is 483 g/mol. The number of hydrogen-bond acceptors (Lipinski definition) is 6. The highest BCUT2D eigenvalue weighted by Gasteiger charge is 2.40. The van der Waals surface area contributed by atoms with E-state index in [-0.39, 0.29) is 17.9 Å². The molecule has 0 unspecified atom stereocenters. The fourth-order valence-corrected chi connectivity index (χ4v) is 6.56. The number of nitrogens with zero attached hydrogens (tertiary/aromatic N) is 3. The van der Waals surface area contributed by atoms with Crippen molar-refractivity contribution in [2.75, 3.05) is 4.31 Å². The van der Waals surface area contributed by atoms with Crippen LogP contribution in [0.3, 0.4) is 0 Å². The van der Waals surface area contributed by atoms with E-state index in [4.69, 9.17) is 4.52 Å². The lowest BCUT2D eigenvalue weighted by atomic mass is 9.98. The van der Waals surface area contributed by atoms with Crippen molar-refractivity contribution in [1.82, 2.24) is 15.5 Å². The summed E-state index contributed by atoms with van der Waals surface area (Å²) in [5.41, 5.74) is 3.58. The summed E-state index contributed by atoms with van der Waals surface area (Å²) in [6.07, 6.45) is 8.09. The molecule has 34 heavy (non-hydrogen) atoms. The predicted octanol–water partition coefficient (Wildman–Crippen LogP) is 4.07. The molecule has 0 aliphatic heterocycles. The molecular weight excluding hydrogens is 452 g/mol. The van der Waals surface area contributed by atoms with Gasteiger partial charge in [-0.15, -0.1) is 0 Å². The normalized spacial score (nSPS) is 20.9. The molecule has 2 saturated carbocycles. The van der Waals surface area contributed by atoms with Crippen molar-refractivity contribution in [2.24, 2.45) is 5.92 Å². The van der Waals surface area contributed by atoms with E-state index < -0.39 is 16.9 Å². The van der Waals surface area contributed by atoms with Crippen LogP contribution in [0.25, 0.3) is 22.0 Å². The lowest BCUT2D eigenvalue weighted by Crippen LogP contribution is -2.46. The predicted molar refractivity (Wildman–Crippen MR) is 131 cm³/mol. The van der Waals surface area contributed by atoms with E-state index in [1.165, 1.54) is 4.31 Å². The summed E-state index contributed by atoms with van der Waals surface area (Å²) in [7, 11) is -2.99. The fraction of sp³-hybridized carbons (Fsp3) is 0.480. The zero-order valence-electron chi connectivity index (χ0n) is 19.5. The van der Waals surface area contributed by atoms with Crippen LogP contribution in [0, 0.1) is 19.8 Å². The summed E-state index contributed by atoms with van der Waals surface area (Å²) in [6, 6.07) is 7.26. The molecule has 0 radical (unpaired) electrons. The first-order valence-corrected chi connectivity index (χ1v) is 13.1. The van der Waals surface area contributed by atoms with E-state index in [2.05, 4.69) is 15.5 Å². The molecule has 2 aliphatic carbocycles. The molecule has 2 aromatic heterocycles. The summed E-state index contributed by atoms with van der Waals surface area (Å²) < 4.78 is 32.3. The molecule has 0 saturated heterocycles. The van der Waals surface area contributed by atoms with Gasteiger partial charge in [-0.25, -0.2) is 8.42 Å². The van der Waals surface area contributed by atoms with Crippen LogP contribution >= 0.6 is 0 Å². The van der Waals surface area contributed by atoms with Gasteiger partial charge in [-0.05, 0) is 69.4 Å². The minimum Gasteiger partial charge on any atom is -0.361 e. The van der Waals surface area contributed by atoms with Gasteiger partial charge in [0.1, 0.15) is 5.76 Å². The molecular formula is C25H30N4O4S. The number of anilines is 1. The number of benzene rings is 1. The topological polar surface area (TPSA) is 105 Å². The Morgan fingerprint density at radius 1 is 1.12 bits per heavy atom. The fourth-order valence-electron chi connectivity index (χ4n) is 5.70. The molecule has 2 heterocycles. The lowest BCUT2D eigenvalue weighted by Gasteiger charge is -2.31. The molecule has 3 aromatic rings. The number of amides is 1. The largest absolute Gasteiger partial charge is 0.361 e. The zero-order valence-corrected chi connectivity index (χ0v) is 20.4. The smallest absolute Gasteiger partial charge is 0.225 e. The second kappa shape index (κ2) is 9.37. The molecule has 1 aromatic carbocycles. The van der Waals surface area contributed by atoms with E-state index in [1.807, 2.05) is 32.0 Å². The Morgan fingerprint density at radius 2 is 1.91 bits per heavy atom. The highest BCUT2D eigenvalue weighted by Crippen LogP contribution is 2.40. The standard InChI is InChI=1S/C25H30N4O4S/c1-15-24(16(2)33-28-15)17-13-21-19(10-6-12-26-21)23(14-17)29(34(31)32)22-11-5-9-20(22)25(30)27-18-7-3-4-8-18/h6,10,12-14,18,20,22,34H,3-5,7-9,11H2,1-2H3,(H,27,30)/t20-,22+/m0/s1. The lowest BCUT2D eigenvalue weighted by molar-refractivity contribution is -0.125. The second-order valence-electron chi connectivity index (χ2n) is 9.44. The van der Waals surface area contributed by atoms with Gasteiger partial charge in [0.2, 0.25) is 16.8 Å². The van der Waals surface area contributed by atoms with E-state index in [1.54, 1.807) is 12.3 Å². The van der Waals surface area contributed by atoms with Crippen LogP contribution in [0.15, 0.2) is 35.0 Å². The Kier molecular flexibility index (Phi) is 6.29. The molecule has 2 aliphatic rings. The van der Waals surface area contributed by atoms with Crippen molar-refractivity contribution in [3.8, 4) is 11.1 Å². The monoisotopic (exact) mass is 482 g/mol. The summed E-state index contributed by atoms with van der Waals surface area (Å²) in [5, 5.41) is 7.98. The van der Waals surface area contributed by atoms with Crippen LogP contribution in [0.2, 0.25) is 0 Å². The van der Waals surface area contributed by atoms with Gasteiger partial charge in [0.25, 0.3) is 0 Å². The second-order valence-corrected chi connectivity index (χ2v) is 10.3. The Labute approximate surface area is 200 Å². The molecule has 5 rings (SSSR count). The third kappa shape index (κ3) is 4.17. The quantitative estimate of drug-likeness (QED) is 0.513. The van der Waals surface area contributed by atoms with Gasteiger partial charge in [-0.3, -0.25) is 14.1 Å². The van der Waals surface area contributed by atoms with Crippen LogP contribution in [0.5, 0.6) is 0 Å². The van der Waals surface area contributed by atoms with E-state index in [9.17, 15) is 13.2 Å². The van der Waals surface area contributed by atoms with Crippen molar-refractivity contribution >= 4 is 33.4 Å². The summed E-state index contributed by atoms with van der Waals surface area (Å²) in [5.74, 6) is 0.259. The third-order valence-electron chi connectivity index (χ3n) is 7.28. The minimum atomic E-state index is -2.99. The van der Waals surface area contributed by atoms with E-state index >= 15 is 0 Å². The van der Waals surface area contributed by atoms with Gasteiger partial charge in [-0.2, -0.15) is 0 Å². The van der Waals surface area contributed by atoms with Crippen molar-refractivity contribution in [2.45, 2.75) is 70.9 Å². The molecule has 0 spiro atoms. The van der Waals surface area contributed by atoms with Crippen molar-refractivity contribution in [1.29, 1.82) is 0 Å². The Balaban J connectivity index is 1.59. The number of thiol groups is 1. The van der Waals surface area contributed by atoms with Gasteiger partial charge in [-0.1, -0.05) is 24.4 Å². The summed E-state index contributed by atoms with van der Waals surface area (Å²) in [4.78, 5) is 17.7. The molecule has 9 heteroatoms. The molecule has 2 atom stereocenters. The summed E-state index contributed by atoms with van der Waals surface area (Å²) >= 11 is 0. The summed E-state index contributed by atoms with van der Waals surface area (Å²) in [6.45, 7) is 3.70. The first-order chi connectivity index (χ1) is 16.4. The maximum absolute atomic E-state index is 13.2. The minimum absolute atomic E-state index is 0.0273. The molecule has 2 fully saturated rings. The molecule has 180 valence electrons.